The second-order valence-electron chi connectivity index (χ2n) is 5.33. The van der Waals surface area contributed by atoms with E-state index in [1.165, 1.54) is 12.1 Å². The lowest BCUT2D eigenvalue weighted by atomic mass is 10.2. The van der Waals surface area contributed by atoms with E-state index in [1.54, 1.807) is 50.4 Å². The summed E-state index contributed by atoms with van der Waals surface area (Å²) in [4.78, 5) is 12.2. The smallest absolute Gasteiger partial charge is 0.277 e. The highest BCUT2D eigenvalue weighted by Gasteiger charge is 2.19. The van der Waals surface area contributed by atoms with Gasteiger partial charge in [-0.05, 0) is 43.3 Å². The molecule has 1 N–H and O–H groups in total. The number of para-hydroxylation sites is 1. The highest BCUT2D eigenvalue weighted by Crippen LogP contribution is 2.27. The molecule has 0 spiro atoms. The Bertz CT molecular complexity index is 899. The summed E-state index contributed by atoms with van der Waals surface area (Å²) in [5, 5.41) is 10.2. The van der Waals surface area contributed by atoms with Crippen molar-refractivity contribution in [1.29, 1.82) is 0 Å². The van der Waals surface area contributed by atoms with Crippen LogP contribution in [0.25, 0.3) is 11.5 Å². The topological polar surface area (TPSA) is 77.2 Å². The van der Waals surface area contributed by atoms with Gasteiger partial charge in [-0.15, -0.1) is 10.2 Å². The number of rotatable bonds is 6. The Morgan fingerprint density at radius 1 is 1.19 bits per heavy atom. The van der Waals surface area contributed by atoms with Gasteiger partial charge in [-0.1, -0.05) is 23.9 Å². The summed E-state index contributed by atoms with van der Waals surface area (Å²) in [7, 11) is 1.59. The number of anilines is 1. The molecule has 0 aliphatic carbocycles. The molecule has 134 valence electrons. The molecule has 1 heterocycles. The Hall–Kier alpha value is -2.87. The molecule has 0 radical (unpaired) electrons. The number of nitrogens with one attached hydrogen (secondary N) is 1. The Labute approximate surface area is 153 Å². The van der Waals surface area contributed by atoms with E-state index in [0.717, 1.165) is 23.1 Å². The molecule has 0 unspecified atom stereocenters. The number of amides is 1. The summed E-state index contributed by atoms with van der Waals surface area (Å²) in [6, 6.07) is 13.2. The average Bonchev–Trinajstić information content (AvgIpc) is 3.12. The molecule has 0 aliphatic heterocycles. The van der Waals surface area contributed by atoms with Crippen LogP contribution in [0.4, 0.5) is 10.1 Å². The van der Waals surface area contributed by atoms with Crippen molar-refractivity contribution < 1.29 is 18.3 Å². The maximum Gasteiger partial charge on any atom is 0.277 e. The van der Waals surface area contributed by atoms with E-state index in [2.05, 4.69) is 15.5 Å². The number of methoxy groups -OCH3 is 1. The molecule has 1 atom stereocenters. The van der Waals surface area contributed by atoms with E-state index in [9.17, 15) is 9.18 Å². The van der Waals surface area contributed by atoms with Crippen molar-refractivity contribution in [2.75, 3.05) is 12.4 Å². The van der Waals surface area contributed by atoms with Gasteiger partial charge in [-0.2, -0.15) is 0 Å². The van der Waals surface area contributed by atoms with Crippen LogP contribution in [0.1, 0.15) is 6.92 Å². The minimum atomic E-state index is -0.543. The minimum absolute atomic E-state index is 0.134. The Morgan fingerprint density at radius 3 is 2.62 bits per heavy atom. The minimum Gasteiger partial charge on any atom is -0.497 e. The number of halogens is 1. The first-order valence-electron chi connectivity index (χ1n) is 7.77. The first-order chi connectivity index (χ1) is 12.6. The molecule has 6 nitrogen and oxygen atoms in total. The molecule has 26 heavy (non-hydrogen) atoms. The maximum atomic E-state index is 13.6. The fourth-order valence-electron chi connectivity index (χ4n) is 2.11. The normalized spacial score (nSPS) is 11.8. The van der Waals surface area contributed by atoms with E-state index >= 15 is 0 Å². The summed E-state index contributed by atoms with van der Waals surface area (Å²) < 4.78 is 24.3. The van der Waals surface area contributed by atoms with Crippen molar-refractivity contribution in [2.45, 2.75) is 17.4 Å². The highest BCUT2D eigenvalue weighted by molar-refractivity contribution is 8.00. The van der Waals surface area contributed by atoms with Gasteiger partial charge in [0.05, 0.1) is 18.0 Å². The third-order valence-corrected chi connectivity index (χ3v) is 4.46. The van der Waals surface area contributed by atoms with Crippen LogP contribution in [0.3, 0.4) is 0 Å². The van der Waals surface area contributed by atoms with Gasteiger partial charge in [0.25, 0.3) is 5.22 Å². The molecule has 3 rings (SSSR count). The monoisotopic (exact) mass is 373 g/mol. The first kappa shape index (κ1) is 17.9. The molecule has 0 fully saturated rings. The number of carbonyl (C=O) groups excluding carboxylic acids is 1. The fourth-order valence-corrected chi connectivity index (χ4v) is 2.79. The number of carbonyl (C=O) groups is 1. The number of hydrogen-bond donors (Lipinski definition) is 1. The third-order valence-electron chi connectivity index (χ3n) is 3.52. The number of ether oxygens (including phenoxy) is 1. The van der Waals surface area contributed by atoms with Gasteiger partial charge in [0.15, 0.2) is 0 Å². The molecule has 0 aliphatic rings. The number of nitrogens with zero attached hydrogens (tertiary/aromatic N) is 2. The fraction of sp³-hybridized carbons (Fsp3) is 0.167. The predicted octanol–water partition coefficient (Wildman–Crippen LogP) is 4.00. The second kappa shape index (κ2) is 8.01. The van der Waals surface area contributed by atoms with Crippen LogP contribution in [0.2, 0.25) is 0 Å². The van der Waals surface area contributed by atoms with Gasteiger partial charge in [-0.3, -0.25) is 4.79 Å². The molecule has 1 aromatic heterocycles. The zero-order chi connectivity index (χ0) is 18.5. The van der Waals surface area contributed by atoms with Gasteiger partial charge in [0.2, 0.25) is 11.8 Å². The van der Waals surface area contributed by atoms with Gasteiger partial charge in [0, 0.05) is 5.56 Å². The number of benzene rings is 2. The third kappa shape index (κ3) is 4.20. The standard InChI is InChI=1S/C18H16FN3O3S/c1-11(16(23)20-15-6-4-3-5-14(15)19)26-18-22-21-17(25-18)12-7-9-13(24-2)10-8-12/h3-11H,1-2H3,(H,20,23)/t11-/m1/s1. The predicted molar refractivity (Wildman–Crippen MR) is 96.6 cm³/mol. The summed E-state index contributed by atoms with van der Waals surface area (Å²) in [5.74, 6) is 0.222. The molecule has 3 aromatic rings. The molecular weight excluding hydrogens is 357 g/mol. The summed E-state index contributed by atoms with van der Waals surface area (Å²) >= 11 is 1.10. The van der Waals surface area contributed by atoms with Crippen molar-refractivity contribution in [3.05, 3.63) is 54.3 Å². The molecular formula is C18H16FN3O3S. The number of aromatic nitrogens is 2. The SMILES string of the molecule is COc1ccc(-c2nnc(S[C@H](C)C(=O)Nc3ccccc3F)o2)cc1. The van der Waals surface area contributed by atoms with Crippen LogP contribution in [-0.2, 0) is 4.79 Å². The zero-order valence-electron chi connectivity index (χ0n) is 14.1. The van der Waals surface area contributed by atoms with E-state index < -0.39 is 11.1 Å². The first-order valence-corrected chi connectivity index (χ1v) is 8.65. The van der Waals surface area contributed by atoms with E-state index in [1.807, 2.05) is 0 Å². The average molecular weight is 373 g/mol. The lowest BCUT2D eigenvalue weighted by Crippen LogP contribution is -2.22. The highest BCUT2D eigenvalue weighted by atomic mass is 32.2. The van der Waals surface area contributed by atoms with Gasteiger partial charge < -0.3 is 14.5 Å². The van der Waals surface area contributed by atoms with Crippen LogP contribution in [0.15, 0.2) is 58.2 Å². The van der Waals surface area contributed by atoms with Crippen molar-refractivity contribution in [3.8, 4) is 17.2 Å². The van der Waals surface area contributed by atoms with Gasteiger partial charge in [0.1, 0.15) is 11.6 Å². The van der Waals surface area contributed by atoms with Crippen molar-refractivity contribution in [1.82, 2.24) is 10.2 Å². The van der Waals surface area contributed by atoms with Crippen LogP contribution in [0.5, 0.6) is 5.75 Å². The zero-order valence-corrected chi connectivity index (χ0v) is 14.9. The molecule has 0 bridgehead atoms. The van der Waals surface area contributed by atoms with Crippen molar-refractivity contribution in [2.24, 2.45) is 0 Å². The molecule has 0 saturated carbocycles. The number of thioether (sulfide) groups is 1. The largest absolute Gasteiger partial charge is 0.497 e. The van der Waals surface area contributed by atoms with Crippen LogP contribution in [0, 0.1) is 5.82 Å². The van der Waals surface area contributed by atoms with E-state index in [4.69, 9.17) is 9.15 Å². The molecule has 1 amide bonds. The van der Waals surface area contributed by atoms with Crippen molar-refractivity contribution in [3.63, 3.8) is 0 Å². The van der Waals surface area contributed by atoms with Crippen LogP contribution >= 0.6 is 11.8 Å². The molecule has 0 saturated heterocycles. The lowest BCUT2D eigenvalue weighted by molar-refractivity contribution is -0.115. The van der Waals surface area contributed by atoms with Crippen molar-refractivity contribution >= 4 is 23.4 Å². The Kier molecular flexibility index (Phi) is 5.52. The lowest BCUT2D eigenvalue weighted by Gasteiger charge is -2.10. The Morgan fingerprint density at radius 2 is 1.92 bits per heavy atom. The summed E-state index contributed by atoms with van der Waals surface area (Å²) in [5.41, 5.74) is 0.878. The summed E-state index contributed by atoms with van der Waals surface area (Å²) in [6.45, 7) is 1.68. The van der Waals surface area contributed by atoms with E-state index in [-0.39, 0.29) is 16.8 Å². The van der Waals surface area contributed by atoms with Gasteiger partial charge >= 0.3 is 0 Å². The second-order valence-corrected chi connectivity index (χ2v) is 6.62. The van der Waals surface area contributed by atoms with Crippen LogP contribution in [-0.4, -0.2) is 28.5 Å². The Balaban J connectivity index is 1.64. The summed E-state index contributed by atoms with van der Waals surface area (Å²) in [6.07, 6.45) is 0. The molecule has 2 aromatic carbocycles. The number of hydrogen-bond acceptors (Lipinski definition) is 6. The van der Waals surface area contributed by atoms with E-state index in [0.29, 0.717) is 5.89 Å². The maximum absolute atomic E-state index is 13.6. The molecule has 8 heteroatoms. The van der Waals surface area contributed by atoms with Crippen LogP contribution < -0.4 is 10.1 Å². The quantitative estimate of drug-likeness (QED) is 0.658. The van der Waals surface area contributed by atoms with Gasteiger partial charge in [-0.25, -0.2) is 4.39 Å².